The maximum Gasteiger partial charge on any atom is 0.380 e. The number of hydrogen-bond donors (Lipinski definition) is 0. The summed E-state index contributed by atoms with van der Waals surface area (Å²) in [5.74, 6) is -88.2. The van der Waals surface area contributed by atoms with E-state index < -0.39 is 144 Å². The third-order valence-corrected chi connectivity index (χ3v) is 17.1. The summed E-state index contributed by atoms with van der Waals surface area (Å²) in [4.78, 5) is 0. The van der Waals surface area contributed by atoms with Crippen LogP contribution < -0.4 is 0 Å². The fraction of sp³-hybridized carbons (Fsp3) is 1.00. The van der Waals surface area contributed by atoms with Gasteiger partial charge in [0.1, 0.15) is 26.4 Å². The topological polar surface area (TPSA) is 74.0 Å². The van der Waals surface area contributed by atoms with Gasteiger partial charge >= 0.3 is 118 Å². The summed E-state index contributed by atoms with van der Waals surface area (Å²) < 4.78 is 455. The summed E-state index contributed by atoms with van der Waals surface area (Å²) in [5.41, 5.74) is 0. The molecule has 0 aromatic heterocycles. The van der Waals surface area contributed by atoms with E-state index in [-0.39, 0.29) is 0 Å². The summed E-state index contributed by atoms with van der Waals surface area (Å²) in [7, 11) is -7.61. The molecule has 0 amide bonds. The van der Waals surface area contributed by atoms with Crippen molar-refractivity contribution in [1.29, 1.82) is 0 Å². The van der Waals surface area contributed by atoms with Gasteiger partial charge in [-0.1, -0.05) is 0 Å². The standard InChI is InChI=1S/C20H12Cl2F32N3O4P3/c21-62(58-1-9(31,32)17(47,48)13(39,40)5(23)24)55-63(22,59-2-10(33,34)18(49,50)14(41,42)6(25)26)57-64(56-62,60-3-11(35,36)19(51,52)15(43,44)7(27)28)61-4-12(37,38)20(53,54)16(45,46)8(29)30/h5-8H,1-4H2. The highest BCUT2D eigenvalue weighted by Crippen LogP contribution is 2.84. The average Bonchev–Trinajstić information content (AvgIpc) is 3.10. The average molecular weight is 1130 g/mol. The van der Waals surface area contributed by atoms with E-state index in [0.29, 0.717) is 0 Å². The molecule has 0 aromatic carbocycles. The van der Waals surface area contributed by atoms with E-state index in [1.54, 1.807) is 0 Å². The van der Waals surface area contributed by atoms with Crippen molar-refractivity contribution in [3.63, 3.8) is 0 Å². The van der Waals surface area contributed by atoms with E-state index >= 15 is 0 Å². The summed E-state index contributed by atoms with van der Waals surface area (Å²) in [6, 6.07) is 0. The van der Waals surface area contributed by atoms with Crippen LogP contribution in [0.2, 0.25) is 0 Å². The van der Waals surface area contributed by atoms with Crippen LogP contribution in [0.4, 0.5) is 140 Å². The van der Waals surface area contributed by atoms with Crippen molar-refractivity contribution >= 4 is 43.7 Å². The molecule has 2 unspecified atom stereocenters. The predicted octanol–water partition coefficient (Wildman–Crippen LogP) is 15.1. The van der Waals surface area contributed by atoms with Crippen LogP contribution in [0.1, 0.15) is 0 Å². The summed E-state index contributed by atoms with van der Waals surface area (Å²) in [6.07, 6.45) is -23.5. The Morgan fingerprint density at radius 3 is 0.703 bits per heavy atom. The molecule has 7 nitrogen and oxygen atoms in total. The number of hydrogen-bond acceptors (Lipinski definition) is 7. The van der Waals surface area contributed by atoms with Crippen LogP contribution in [0.25, 0.3) is 0 Å². The Labute approximate surface area is 339 Å². The van der Waals surface area contributed by atoms with E-state index in [9.17, 15) is 140 Å². The van der Waals surface area contributed by atoms with Gasteiger partial charge in [0.15, 0.2) is 0 Å². The Kier molecular flexibility index (Phi) is 17.4. The lowest BCUT2D eigenvalue weighted by molar-refractivity contribution is -0.344. The second-order valence-electron chi connectivity index (χ2n) is 11.6. The van der Waals surface area contributed by atoms with Gasteiger partial charge in [0, 0.05) is 0 Å². The molecule has 1 aliphatic rings. The van der Waals surface area contributed by atoms with Gasteiger partial charge in [-0.3, -0.25) is 9.05 Å². The predicted molar refractivity (Wildman–Crippen MR) is 147 cm³/mol. The minimum Gasteiger partial charge on any atom is -0.309 e. The minimum absolute atomic E-state index is 2.10. The smallest absolute Gasteiger partial charge is 0.309 e. The first-order valence-corrected chi connectivity index (χ1v) is 20.8. The molecule has 0 fully saturated rings. The van der Waals surface area contributed by atoms with Crippen LogP contribution in [0.5, 0.6) is 0 Å². The Hall–Kier alpha value is -1.13. The molecule has 1 aliphatic heterocycles. The maximum atomic E-state index is 14.5. The van der Waals surface area contributed by atoms with Gasteiger partial charge in [0.25, 0.3) is 0 Å². The highest BCUT2D eigenvalue weighted by Gasteiger charge is 2.79. The second kappa shape index (κ2) is 18.3. The van der Waals surface area contributed by atoms with Crippen LogP contribution in [-0.2, 0) is 18.1 Å². The molecule has 1 heterocycles. The van der Waals surface area contributed by atoms with Crippen molar-refractivity contribution in [3.8, 4) is 0 Å². The first kappa shape index (κ1) is 60.9. The Morgan fingerprint density at radius 1 is 0.312 bits per heavy atom. The van der Waals surface area contributed by atoms with Gasteiger partial charge in [-0.15, -0.1) is 0 Å². The van der Waals surface area contributed by atoms with Gasteiger partial charge in [0.2, 0.25) is 0 Å². The van der Waals surface area contributed by atoms with Gasteiger partial charge in [-0.05, 0) is 22.5 Å². The molecule has 64 heavy (non-hydrogen) atoms. The van der Waals surface area contributed by atoms with Crippen LogP contribution in [-0.4, -0.2) is 123 Å². The molecule has 0 saturated heterocycles. The maximum absolute atomic E-state index is 14.5. The molecule has 0 aromatic rings. The molecule has 0 bridgehead atoms. The third-order valence-electron chi connectivity index (χ3n) is 6.92. The molecule has 0 N–H and O–H groups in total. The van der Waals surface area contributed by atoms with Gasteiger partial charge in [0.05, 0.1) is 0 Å². The molecule has 384 valence electrons. The lowest BCUT2D eigenvalue weighted by Gasteiger charge is -2.36. The highest BCUT2D eigenvalue weighted by atomic mass is 35.7. The van der Waals surface area contributed by atoms with E-state index in [1.165, 1.54) is 0 Å². The van der Waals surface area contributed by atoms with Gasteiger partial charge in [-0.25, -0.2) is 35.1 Å². The Bertz CT molecular complexity index is 1720. The second-order valence-corrected chi connectivity index (χ2v) is 20.3. The van der Waals surface area contributed by atoms with Crippen LogP contribution in [0.15, 0.2) is 13.5 Å². The van der Waals surface area contributed by atoms with Crippen LogP contribution in [0, 0.1) is 0 Å². The monoisotopic (exact) mass is 1130 g/mol. The number of alkyl halides is 32. The zero-order chi connectivity index (χ0) is 51.6. The van der Waals surface area contributed by atoms with E-state index in [2.05, 4.69) is 31.6 Å². The SMILES string of the molecule is FC(F)C(F)(F)C(F)(F)C(F)(F)COP1(Cl)=NP(Cl)(OCC(F)(F)C(F)(F)C(F)(F)C(F)F)=NP(OCC(F)(F)C(F)(F)C(F)(F)C(F)F)(OCC(F)(F)C(F)(F)C(F)(F)C(F)F)=N1. The molecule has 0 aliphatic carbocycles. The Morgan fingerprint density at radius 2 is 0.500 bits per heavy atom. The van der Waals surface area contributed by atoms with Crippen molar-refractivity contribution in [2.45, 2.75) is 96.8 Å². The highest BCUT2D eigenvalue weighted by molar-refractivity contribution is 8.00. The van der Waals surface area contributed by atoms with Crippen molar-refractivity contribution in [1.82, 2.24) is 0 Å². The number of halogens is 34. The zero-order valence-electron chi connectivity index (χ0n) is 28.3. The Balaban J connectivity index is 4.45. The summed E-state index contributed by atoms with van der Waals surface area (Å²) in [6.45, 7) is -30.3. The molecule has 0 spiro atoms. The first-order chi connectivity index (χ1) is 27.7. The van der Waals surface area contributed by atoms with Crippen LogP contribution >= 0.6 is 43.7 Å². The van der Waals surface area contributed by atoms with Crippen molar-refractivity contribution in [2.75, 3.05) is 26.4 Å². The molecule has 0 saturated carbocycles. The lowest BCUT2D eigenvalue weighted by atomic mass is 10.1. The minimum atomic E-state index is -7.69. The van der Waals surface area contributed by atoms with E-state index in [1.807, 2.05) is 0 Å². The molecular weight excluding hydrogens is 1120 g/mol. The fourth-order valence-electron chi connectivity index (χ4n) is 3.26. The van der Waals surface area contributed by atoms with E-state index in [0.717, 1.165) is 0 Å². The normalized spacial score (nSPS) is 22.0. The molecule has 1 rings (SSSR count). The molecule has 0 radical (unpaired) electrons. The lowest BCUT2D eigenvalue weighted by Crippen LogP contribution is -2.59. The molecule has 2 atom stereocenters. The number of rotatable bonds is 24. The van der Waals surface area contributed by atoms with Crippen molar-refractivity contribution < 1.29 is 159 Å². The van der Waals surface area contributed by atoms with Gasteiger partial charge < -0.3 is 9.05 Å². The first-order valence-electron chi connectivity index (χ1n) is 14.3. The van der Waals surface area contributed by atoms with Crippen LogP contribution in [0.3, 0.4) is 0 Å². The molecule has 44 heteroatoms. The summed E-state index contributed by atoms with van der Waals surface area (Å²) in [5, 5.41) is 0. The van der Waals surface area contributed by atoms with Crippen molar-refractivity contribution in [2.24, 2.45) is 13.5 Å². The largest absolute Gasteiger partial charge is 0.380 e. The van der Waals surface area contributed by atoms with Gasteiger partial charge in [-0.2, -0.15) is 119 Å². The fourth-order valence-corrected chi connectivity index (χ4v) is 14.8. The zero-order valence-corrected chi connectivity index (χ0v) is 32.5. The van der Waals surface area contributed by atoms with E-state index in [4.69, 9.17) is 22.5 Å². The summed E-state index contributed by atoms with van der Waals surface area (Å²) >= 11 is 10.6. The quantitative estimate of drug-likeness (QED) is 0.0713. The van der Waals surface area contributed by atoms with Crippen molar-refractivity contribution in [3.05, 3.63) is 0 Å². The number of nitrogens with zero attached hydrogens (tertiary/aromatic N) is 3. The third kappa shape index (κ3) is 11.0. The molecular formula is C20H12Cl2F32N3O4P3.